The summed E-state index contributed by atoms with van der Waals surface area (Å²) in [6.07, 6.45) is 0.143. The van der Waals surface area contributed by atoms with Gasteiger partial charge in [0.2, 0.25) is 11.8 Å². The lowest BCUT2D eigenvalue weighted by molar-refractivity contribution is -0.133. The third kappa shape index (κ3) is 5.42. The average molecular weight is 373 g/mol. The monoisotopic (exact) mass is 373 g/mol. The molecule has 7 heteroatoms. The van der Waals surface area contributed by atoms with Crippen LogP contribution in [0.15, 0.2) is 35.7 Å². The number of carbonyl (C=O) groups excluding carboxylic acids is 3. The Morgan fingerprint density at radius 3 is 2.58 bits per heavy atom. The van der Waals surface area contributed by atoms with E-state index >= 15 is 0 Å². The Morgan fingerprint density at radius 2 is 1.88 bits per heavy atom. The highest BCUT2D eigenvalue weighted by molar-refractivity contribution is 7.12. The van der Waals surface area contributed by atoms with Crippen LogP contribution in [0.5, 0.6) is 0 Å². The molecule has 1 aromatic carbocycles. The van der Waals surface area contributed by atoms with E-state index in [9.17, 15) is 14.4 Å². The van der Waals surface area contributed by atoms with Crippen molar-refractivity contribution in [2.45, 2.75) is 20.3 Å². The predicted octanol–water partition coefficient (Wildman–Crippen LogP) is 2.58. The fourth-order valence-corrected chi connectivity index (χ4v) is 2.99. The molecule has 0 aliphatic rings. The average Bonchev–Trinajstić information content (AvgIpc) is 3.13. The first-order valence-electron chi connectivity index (χ1n) is 8.30. The molecule has 0 spiro atoms. The van der Waals surface area contributed by atoms with Gasteiger partial charge >= 0.3 is 0 Å². The van der Waals surface area contributed by atoms with E-state index in [1.165, 1.54) is 16.2 Å². The number of benzene rings is 1. The Kier molecular flexibility index (Phi) is 6.91. The molecule has 0 radical (unpaired) electrons. The van der Waals surface area contributed by atoms with Gasteiger partial charge in [-0.05, 0) is 42.5 Å². The summed E-state index contributed by atoms with van der Waals surface area (Å²) in [6, 6.07) is 9.22. The maximum absolute atomic E-state index is 12.2. The lowest BCUT2D eigenvalue weighted by atomic mass is 10.1. The third-order valence-electron chi connectivity index (χ3n) is 4.05. The molecule has 26 heavy (non-hydrogen) atoms. The molecular formula is C19H23N3O3S. The molecular weight excluding hydrogens is 350 g/mol. The number of nitrogens with one attached hydrogen (secondary N) is 2. The molecule has 0 aliphatic heterocycles. The molecule has 0 bridgehead atoms. The van der Waals surface area contributed by atoms with Crippen molar-refractivity contribution < 1.29 is 14.4 Å². The fraction of sp³-hybridized carbons (Fsp3) is 0.316. The summed E-state index contributed by atoms with van der Waals surface area (Å²) in [4.78, 5) is 38.0. The largest absolute Gasteiger partial charge is 0.351 e. The topological polar surface area (TPSA) is 78.5 Å². The molecule has 0 unspecified atom stereocenters. The summed E-state index contributed by atoms with van der Waals surface area (Å²) in [6.45, 7) is 4.12. The second-order valence-corrected chi connectivity index (χ2v) is 6.98. The minimum atomic E-state index is -0.253. The summed E-state index contributed by atoms with van der Waals surface area (Å²) >= 11 is 1.35. The lowest BCUT2D eigenvalue weighted by Crippen LogP contribution is -2.37. The van der Waals surface area contributed by atoms with Gasteiger partial charge in [0.15, 0.2) is 0 Å². The summed E-state index contributed by atoms with van der Waals surface area (Å²) in [7, 11) is 1.58. The van der Waals surface area contributed by atoms with E-state index in [1.807, 2.05) is 37.4 Å². The number of aryl methyl sites for hydroxylation is 1. The molecule has 0 atom stereocenters. The number of hydrogen-bond acceptors (Lipinski definition) is 4. The predicted molar refractivity (Wildman–Crippen MR) is 103 cm³/mol. The SMILES string of the molecule is Cc1cccc(NC(=O)CN(C)C(=O)CCNC(=O)c2cccs2)c1C. The highest BCUT2D eigenvalue weighted by Crippen LogP contribution is 2.17. The molecule has 0 fully saturated rings. The Balaban J connectivity index is 1.76. The van der Waals surface area contributed by atoms with Gasteiger partial charge in [-0.15, -0.1) is 11.3 Å². The molecule has 0 saturated heterocycles. The van der Waals surface area contributed by atoms with Crippen LogP contribution in [0.2, 0.25) is 0 Å². The van der Waals surface area contributed by atoms with Crippen molar-refractivity contribution in [3.63, 3.8) is 0 Å². The standard InChI is InChI=1S/C19H23N3O3S/c1-13-6-4-7-15(14(13)2)21-17(23)12-22(3)18(24)9-10-20-19(25)16-8-5-11-26-16/h4-8,11H,9-10,12H2,1-3H3,(H,20,25)(H,21,23). The summed E-state index contributed by atoms with van der Waals surface area (Å²) in [5.74, 6) is -0.645. The minimum absolute atomic E-state index is 0.0366. The van der Waals surface area contributed by atoms with Crippen molar-refractivity contribution in [1.29, 1.82) is 0 Å². The second kappa shape index (κ2) is 9.15. The van der Waals surface area contributed by atoms with E-state index in [4.69, 9.17) is 0 Å². The van der Waals surface area contributed by atoms with Crippen molar-refractivity contribution >= 4 is 34.7 Å². The normalized spacial score (nSPS) is 10.3. The summed E-state index contributed by atoms with van der Waals surface area (Å²) in [5, 5.41) is 7.35. The van der Waals surface area contributed by atoms with E-state index in [1.54, 1.807) is 19.2 Å². The molecule has 2 aromatic rings. The van der Waals surface area contributed by atoms with Gasteiger partial charge in [-0.3, -0.25) is 14.4 Å². The van der Waals surface area contributed by atoms with Crippen LogP contribution in [0.3, 0.4) is 0 Å². The molecule has 1 aromatic heterocycles. The van der Waals surface area contributed by atoms with Crippen molar-refractivity contribution in [2.75, 3.05) is 25.5 Å². The van der Waals surface area contributed by atoms with Gasteiger partial charge in [-0.2, -0.15) is 0 Å². The van der Waals surface area contributed by atoms with E-state index in [2.05, 4.69) is 10.6 Å². The number of hydrogen-bond donors (Lipinski definition) is 2. The van der Waals surface area contributed by atoms with Crippen LogP contribution in [-0.2, 0) is 9.59 Å². The molecule has 138 valence electrons. The Labute approximate surface area is 157 Å². The summed E-state index contributed by atoms with van der Waals surface area (Å²) in [5.41, 5.74) is 2.85. The van der Waals surface area contributed by atoms with Crippen LogP contribution in [-0.4, -0.2) is 42.8 Å². The summed E-state index contributed by atoms with van der Waals surface area (Å²) < 4.78 is 0. The van der Waals surface area contributed by atoms with Gasteiger partial charge in [0.25, 0.3) is 5.91 Å². The van der Waals surface area contributed by atoms with Crippen molar-refractivity contribution in [3.8, 4) is 0 Å². The van der Waals surface area contributed by atoms with E-state index in [-0.39, 0.29) is 37.2 Å². The maximum atomic E-state index is 12.2. The van der Waals surface area contributed by atoms with Crippen LogP contribution >= 0.6 is 11.3 Å². The maximum Gasteiger partial charge on any atom is 0.261 e. The van der Waals surface area contributed by atoms with Crippen molar-refractivity contribution in [3.05, 3.63) is 51.7 Å². The van der Waals surface area contributed by atoms with Gasteiger partial charge in [0.1, 0.15) is 0 Å². The zero-order valence-electron chi connectivity index (χ0n) is 15.2. The smallest absolute Gasteiger partial charge is 0.261 e. The molecule has 2 N–H and O–H groups in total. The molecule has 6 nitrogen and oxygen atoms in total. The van der Waals surface area contributed by atoms with Gasteiger partial charge < -0.3 is 15.5 Å². The number of carbonyl (C=O) groups is 3. The van der Waals surface area contributed by atoms with Crippen LogP contribution in [0.25, 0.3) is 0 Å². The van der Waals surface area contributed by atoms with E-state index < -0.39 is 0 Å². The number of nitrogens with zero attached hydrogens (tertiary/aromatic N) is 1. The number of likely N-dealkylation sites (N-methyl/N-ethyl adjacent to an activating group) is 1. The minimum Gasteiger partial charge on any atom is -0.351 e. The number of anilines is 1. The Bertz CT molecular complexity index is 787. The van der Waals surface area contributed by atoms with Gasteiger partial charge in [-0.1, -0.05) is 18.2 Å². The van der Waals surface area contributed by atoms with Gasteiger partial charge in [-0.25, -0.2) is 0 Å². The zero-order valence-corrected chi connectivity index (χ0v) is 16.0. The van der Waals surface area contributed by atoms with Gasteiger partial charge in [0, 0.05) is 25.7 Å². The van der Waals surface area contributed by atoms with E-state index in [0.29, 0.717) is 4.88 Å². The van der Waals surface area contributed by atoms with Crippen LogP contribution in [0, 0.1) is 13.8 Å². The fourth-order valence-electron chi connectivity index (χ4n) is 2.35. The van der Waals surface area contributed by atoms with E-state index in [0.717, 1.165) is 16.8 Å². The molecule has 2 rings (SSSR count). The van der Waals surface area contributed by atoms with Gasteiger partial charge in [0.05, 0.1) is 11.4 Å². The number of amides is 3. The lowest BCUT2D eigenvalue weighted by Gasteiger charge is -2.18. The molecule has 0 aliphatic carbocycles. The van der Waals surface area contributed by atoms with Crippen molar-refractivity contribution in [1.82, 2.24) is 10.2 Å². The molecule has 3 amide bonds. The second-order valence-electron chi connectivity index (χ2n) is 6.03. The number of thiophene rings is 1. The molecule has 0 saturated carbocycles. The Hall–Kier alpha value is -2.67. The van der Waals surface area contributed by atoms with Crippen LogP contribution in [0.4, 0.5) is 5.69 Å². The first kappa shape index (κ1) is 19.7. The van der Waals surface area contributed by atoms with Crippen LogP contribution < -0.4 is 10.6 Å². The first-order chi connectivity index (χ1) is 12.4. The first-order valence-corrected chi connectivity index (χ1v) is 9.18. The quantitative estimate of drug-likeness (QED) is 0.783. The third-order valence-corrected chi connectivity index (χ3v) is 4.92. The van der Waals surface area contributed by atoms with Crippen molar-refractivity contribution in [2.24, 2.45) is 0 Å². The van der Waals surface area contributed by atoms with Crippen LogP contribution in [0.1, 0.15) is 27.2 Å². The Morgan fingerprint density at radius 1 is 1.12 bits per heavy atom. The molecule has 1 heterocycles. The highest BCUT2D eigenvalue weighted by atomic mass is 32.1. The number of rotatable bonds is 7. The highest BCUT2D eigenvalue weighted by Gasteiger charge is 2.14. The zero-order chi connectivity index (χ0) is 19.1.